The first kappa shape index (κ1) is 22.5. The zero-order valence-corrected chi connectivity index (χ0v) is 21.8. The van der Waals surface area contributed by atoms with E-state index in [1.165, 1.54) is 16.8 Å². The van der Waals surface area contributed by atoms with E-state index in [0.717, 1.165) is 51.2 Å². The van der Waals surface area contributed by atoms with Crippen molar-refractivity contribution in [3.05, 3.63) is 52.6 Å². The molecule has 5 heterocycles. The Balaban J connectivity index is 1.28. The maximum atomic E-state index is 12.9. The number of nitrogens with one attached hydrogen (secondary N) is 1. The fraction of sp³-hybridized carbons (Fsp3) is 0.393. The van der Waals surface area contributed by atoms with Crippen LogP contribution in [0.5, 0.6) is 0 Å². The Bertz CT molecular complexity index is 1540. The number of imide groups is 1. The van der Waals surface area contributed by atoms with Crippen molar-refractivity contribution < 1.29 is 9.59 Å². The van der Waals surface area contributed by atoms with Crippen LogP contribution in [0, 0.1) is 23.2 Å². The second-order valence-electron chi connectivity index (χ2n) is 11.0. The average Bonchev–Trinajstić information content (AvgIpc) is 3.42. The lowest BCUT2D eigenvalue weighted by molar-refractivity contribution is -0.143. The molecule has 3 fully saturated rings. The van der Waals surface area contributed by atoms with Crippen LogP contribution in [0.15, 0.2) is 42.7 Å². The number of pyridine rings is 1. The summed E-state index contributed by atoms with van der Waals surface area (Å²) >= 11 is 8.19. The number of carbonyl (C=O) groups is 2. The Hall–Kier alpha value is -2.74. The molecule has 2 aliphatic heterocycles. The Morgan fingerprint density at radius 3 is 2.69 bits per heavy atom. The number of fused-ring (bicyclic) bond motifs is 3. The van der Waals surface area contributed by atoms with Gasteiger partial charge in [0.25, 0.3) is 0 Å². The zero-order valence-electron chi connectivity index (χ0n) is 20.3. The molecule has 3 unspecified atom stereocenters. The number of piperidine rings is 1. The Kier molecular flexibility index (Phi) is 4.91. The molecule has 2 saturated heterocycles. The fourth-order valence-corrected chi connectivity index (χ4v) is 7.77. The quantitative estimate of drug-likeness (QED) is 0.363. The maximum Gasteiger partial charge on any atom is 0.234 e. The third-order valence-electron chi connectivity index (χ3n) is 8.40. The molecule has 7 rings (SSSR count). The van der Waals surface area contributed by atoms with Crippen molar-refractivity contribution in [1.82, 2.24) is 19.8 Å². The molecular formula is C28H27ClN4O2S. The van der Waals surface area contributed by atoms with Gasteiger partial charge in [-0.25, -0.2) is 0 Å². The van der Waals surface area contributed by atoms with Crippen molar-refractivity contribution in [3.63, 3.8) is 0 Å². The van der Waals surface area contributed by atoms with E-state index in [2.05, 4.69) is 27.1 Å². The molecule has 0 bridgehead atoms. The van der Waals surface area contributed by atoms with Crippen molar-refractivity contribution in [2.24, 2.45) is 23.2 Å². The zero-order chi connectivity index (χ0) is 24.8. The molecule has 2 amide bonds. The number of rotatable bonds is 5. The lowest BCUT2D eigenvalue weighted by atomic mass is 10.0. The summed E-state index contributed by atoms with van der Waals surface area (Å²) < 4.78 is 3.41. The molecule has 1 aromatic carbocycles. The summed E-state index contributed by atoms with van der Waals surface area (Å²) in [5.41, 5.74) is 4.03. The number of thiophene rings is 1. The minimum atomic E-state index is -0.193. The van der Waals surface area contributed by atoms with Gasteiger partial charge in [-0.1, -0.05) is 25.4 Å². The highest BCUT2D eigenvalue weighted by Gasteiger charge is 2.72. The van der Waals surface area contributed by atoms with Gasteiger partial charge < -0.3 is 9.88 Å². The third-order valence-corrected chi connectivity index (χ3v) is 9.76. The van der Waals surface area contributed by atoms with Gasteiger partial charge in [0.2, 0.25) is 11.8 Å². The summed E-state index contributed by atoms with van der Waals surface area (Å²) in [6.07, 6.45) is 5.18. The van der Waals surface area contributed by atoms with E-state index in [1.54, 1.807) is 11.3 Å². The first-order valence-corrected chi connectivity index (χ1v) is 13.7. The molecule has 3 aliphatic rings. The summed E-state index contributed by atoms with van der Waals surface area (Å²) in [5, 5.41) is 5.30. The molecule has 184 valence electrons. The number of benzene rings is 1. The van der Waals surface area contributed by atoms with E-state index in [4.69, 9.17) is 11.6 Å². The van der Waals surface area contributed by atoms with Gasteiger partial charge in [-0.05, 0) is 61.2 Å². The van der Waals surface area contributed by atoms with Crippen LogP contribution in [0.25, 0.3) is 32.2 Å². The molecule has 36 heavy (non-hydrogen) atoms. The number of nitrogens with zero attached hydrogens (tertiary/aromatic N) is 3. The maximum absolute atomic E-state index is 12.9. The molecule has 3 aromatic heterocycles. The molecule has 0 spiro atoms. The summed E-state index contributed by atoms with van der Waals surface area (Å²) in [6, 6.07) is 10.3. The van der Waals surface area contributed by atoms with E-state index in [9.17, 15) is 9.59 Å². The van der Waals surface area contributed by atoms with Crippen LogP contribution in [0.1, 0.15) is 25.1 Å². The minimum absolute atomic E-state index is 0.0311. The van der Waals surface area contributed by atoms with E-state index >= 15 is 0 Å². The van der Waals surface area contributed by atoms with Crippen molar-refractivity contribution in [2.75, 3.05) is 13.1 Å². The highest BCUT2D eigenvalue weighted by Crippen LogP contribution is 2.63. The smallest absolute Gasteiger partial charge is 0.234 e. The fourth-order valence-electron chi connectivity index (χ4n) is 6.41. The van der Waals surface area contributed by atoms with Gasteiger partial charge in [0.1, 0.15) is 0 Å². The van der Waals surface area contributed by atoms with Gasteiger partial charge in [-0.15, -0.1) is 11.3 Å². The van der Waals surface area contributed by atoms with Gasteiger partial charge in [0.05, 0.1) is 34.1 Å². The lowest BCUT2D eigenvalue weighted by Crippen LogP contribution is -2.35. The molecule has 1 aliphatic carbocycles. The van der Waals surface area contributed by atoms with Crippen molar-refractivity contribution in [2.45, 2.75) is 33.4 Å². The number of carbonyl (C=O) groups excluding carboxylic acids is 2. The minimum Gasteiger partial charge on any atom is -0.347 e. The van der Waals surface area contributed by atoms with Gasteiger partial charge in [-0.3, -0.25) is 19.5 Å². The Morgan fingerprint density at radius 2 is 1.94 bits per heavy atom. The molecule has 1 N–H and O–H groups in total. The van der Waals surface area contributed by atoms with Gasteiger partial charge in [0, 0.05) is 45.4 Å². The van der Waals surface area contributed by atoms with Gasteiger partial charge in [-0.2, -0.15) is 0 Å². The van der Waals surface area contributed by atoms with Crippen LogP contribution in [0.2, 0.25) is 5.02 Å². The molecule has 1 saturated carbocycles. The number of hydrogen-bond acceptors (Lipinski definition) is 5. The van der Waals surface area contributed by atoms with E-state index in [0.29, 0.717) is 17.5 Å². The van der Waals surface area contributed by atoms with E-state index < -0.39 is 0 Å². The standard InChI is InChI=1S/C28H27ClN4O2S/c1-28(2)22-23(28)27(35)33(26(22)34)14-18-11-21-25(36-18)19(4-7-31-21)20-10-17(29)9-16-5-8-32(24(16)20)13-15-3-6-30-12-15/h4-5,7-11,15,22-23,30H,3,6,12-14H2,1-2H3. The molecule has 3 atom stereocenters. The highest BCUT2D eigenvalue weighted by molar-refractivity contribution is 7.19. The van der Waals surface area contributed by atoms with E-state index in [-0.39, 0.29) is 29.1 Å². The number of hydrogen-bond donors (Lipinski definition) is 1. The summed E-state index contributed by atoms with van der Waals surface area (Å²) in [4.78, 5) is 32.8. The van der Waals surface area contributed by atoms with Crippen LogP contribution in [0.3, 0.4) is 0 Å². The van der Waals surface area contributed by atoms with Crippen molar-refractivity contribution >= 4 is 55.9 Å². The third kappa shape index (κ3) is 3.29. The van der Waals surface area contributed by atoms with Crippen molar-refractivity contribution in [3.8, 4) is 11.1 Å². The monoisotopic (exact) mass is 518 g/mol. The lowest BCUT2D eigenvalue weighted by Gasteiger charge is -2.19. The second kappa shape index (κ2) is 7.88. The normalized spacial score (nSPS) is 24.9. The number of aromatic nitrogens is 2. The Morgan fingerprint density at radius 1 is 1.14 bits per heavy atom. The molecule has 6 nitrogen and oxygen atoms in total. The summed E-state index contributed by atoms with van der Waals surface area (Å²) in [7, 11) is 0. The topological polar surface area (TPSA) is 67.2 Å². The summed E-state index contributed by atoms with van der Waals surface area (Å²) in [6.45, 7) is 7.42. The molecule has 4 aromatic rings. The number of amides is 2. The van der Waals surface area contributed by atoms with Gasteiger partial charge >= 0.3 is 0 Å². The number of likely N-dealkylation sites (tertiary alicyclic amines) is 1. The molecule has 8 heteroatoms. The van der Waals surface area contributed by atoms with Crippen LogP contribution in [-0.2, 0) is 22.7 Å². The van der Waals surface area contributed by atoms with Crippen LogP contribution < -0.4 is 5.32 Å². The first-order chi connectivity index (χ1) is 17.3. The van der Waals surface area contributed by atoms with Crippen LogP contribution in [-0.4, -0.2) is 39.4 Å². The van der Waals surface area contributed by atoms with Gasteiger partial charge in [0.15, 0.2) is 0 Å². The van der Waals surface area contributed by atoms with E-state index in [1.807, 2.05) is 44.3 Å². The average molecular weight is 519 g/mol. The SMILES string of the molecule is CC1(C)C2C(=O)N(Cc3cc4nccc(-c5cc(Cl)cc6ccn(CC7CCNC7)c56)c4s3)C(=O)C21. The molecule has 0 radical (unpaired) electrons. The molecular weight excluding hydrogens is 492 g/mol. The predicted molar refractivity (Wildman–Crippen MR) is 143 cm³/mol. The van der Waals surface area contributed by atoms with Crippen molar-refractivity contribution in [1.29, 1.82) is 0 Å². The van der Waals surface area contributed by atoms with Crippen LogP contribution in [0.4, 0.5) is 0 Å². The predicted octanol–water partition coefficient (Wildman–Crippen LogP) is 5.32. The second-order valence-corrected chi connectivity index (χ2v) is 12.6. The highest BCUT2D eigenvalue weighted by atomic mass is 35.5. The van der Waals surface area contributed by atoms with Crippen LogP contribution >= 0.6 is 22.9 Å². The number of halogens is 1. The summed E-state index contributed by atoms with van der Waals surface area (Å²) in [5.74, 6) is 0.237. The largest absolute Gasteiger partial charge is 0.347 e. The first-order valence-electron chi connectivity index (χ1n) is 12.5. The Labute approximate surface area is 218 Å².